The molecule has 4 heteroatoms. The molecule has 3 rings (SSSR count). The van der Waals surface area contributed by atoms with Crippen LogP contribution >= 0.6 is 0 Å². The Hall–Kier alpha value is -2.62. The van der Waals surface area contributed by atoms with Gasteiger partial charge < -0.3 is 0 Å². The van der Waals surface area contributed by atoms with Crippen molar-refractivity contribution in [3.05, 3.63) is 71.8 Å². The second-order valence-corrected chi connectivity index (χ2v) is 5.22. The predicted molar refractivity (Wildman–Crippen MR) is 91.2 cm³/mol. The third-order valence-corrected chi connectivity index (χ3v) is 3.57. The Balaban J connectivity index is 1.48. The summed E-state index contributed by atoms with van der Waals surface area (Å²) in [5.41, 5.74) is 2.26. The molecule has 1 aliphatic rings. The highest BCUT2D eigenvalue weighted by atomic mass is 15.5. The molecular formula is C18H20N4. The number of hydrogen-bond acceptors (Lipinski definition) is 4. The SMILES string of the molecule is C(=NN1CCN(N=Cc2ccccc2)CC1)c1ccccc1. The van der Waals surface area contributed by atoms with E-state index in [-0.39, 0.29) is 0 Å². The lowest BCUT2D eigenvalue weighted by molar-refractivity contribution is 0.141. The van der Waals surface area contributed by atoms with Crippen LogP contribution in [-0.4, -0.2) is 48.6 Å². The van der Waals surface area contributed by atoms with Gasteiger partial charge in [-0.2, -0.15) is 10.2 Å². The summed E-state index contributed by atoms with van der Waals surface area (Å²) < 4.78 is 0. The van der Waals surface area contributed by atoms with Crippen LogP contribution in [0.25, 0.3) is 0 Å². The normalized spacial score (nSPS) is 15.8. The summed E-state index contributed by atoms with van der Waals surface area (Å²) in [6, 6.07) is 20.4. The third kappa shape index (κ3) is 4.19. The molecule has 0 bridgehead atoms. The Morgan fingerprint density at radius 3 is 1.32 bits per heavy atom. The highest BCUT2D eigenvalue weighted by molar-refractivity contribution is 5.79. The molecular weight excluding hydrogens is 272 g/mol. The molecule has 2 aromatic carbocycles. The average Bonchev–Trinajstić information content (AvgIpc) is 2.61. The Morgan fingerprint density at radius 1 is 0.591 bits per heavy atom. The van der Waals surface area contributed by atoms with Gasteiger partial charge in [-0.15, -0.1) is 0 Å². The van der Waals surface area contributed by atoms with Gasteiger partial charge in [0.25, 0.3) is 0 Å². The molecule has 112 valence electrons. The smallest absolute Gasteiger partial charge is 0.0553 e. The first-order chi connectivity index (χ1) is 10.9. The highest BCUT2D eigenvalue weighted by Crippen LogP contribution is 2.04. The van der Waals surface area contributed by atoms with Crippen molar-refractivity contribution >= 4 is 12.4 Å². The number of nitrogens with zero attached hydrogens (tertiary/aromatic N) is 4. The second-order valence-electron chi connectivity index (χ2n) is 5.22. The molecule has 0 saturated carbocycles. The summed E-state index contributed by atoms with van der Waals surface area (Å²) in [6.45, 7) is 3.59. The van der Waals surface area contributed by atoms with E-state index in [1.165, 1.54) is 0 Å². The van der Waals surface area contributed by atoms with Gasteiger partial charge in [0, 0.05) is 0 Å². The number of benzene rings is 2. The maximum atomic E-state index is 4.54. The molecule has 0 aromatic heterocycles. The molecule has 2 aromatic rings. The van der Waals surface area contributed by atoms with Crippen molar-refractivity contribution in [2.75, 3.05) is 26.2 Å². The van der Waals surface area contributed by atoms with E-state index in [1.54, 1.807) is 0 Å². The highest BCUT2D eigenvalue weighted by Gasteiger charge is 2.12. The third-order valence-electron chi connectivity index (χ3n) is 3.57. The van der Waals surface area contributed by atoms with E-state index in [9.17, 15) is 0 Å². The first kappa shape index (κ1) is 14.3. The van der Waals surface area contributed by atoms with Crippen LogP contribution in [0.2, 0.25) is 0 Å². The minimum Gasteiger partial charge on any atom is -0.293 e. The zero-order chi connectivity index (χ0) is 15.0. The zero-order valence-electron chi connectivity index (χ0n) is 12.5. The molecule has 0 unspecified atom stereocenters. The molecule has 0 spiro atoms. The van der Waals surface area contributed by atoms with Crippen LogP contribution in [0.15, 0.2) is 70.9 Å². The van der Waals surface area contributed by atoms with Crippen LogP contribution in [0.5, 0.6) is 0 Å². The molecule has 0 amide bonds. The van der Waals surface area contributed by atoms with Crippen molar-refractivity contribution < 1.29 is 0 Å². The predicted octanol–water partition coefficient (Wildman–Crippen LogP) is 2.67. The first-order valence-electron chi connectivity index (χ1n) is 7.58. The van der Waals surface area contributed by atoms with Crippen molar-refractivity contribution in [3.8, 4) is 0 Å². The fourth-order valence-corrected chi connectivity index (χ4v) is 2.29. The minimum atomic E-state index is 0.898. The van der Waals surface area contributed by atoms with E-state index in [2.05, 4.69) is 44.5 Å². The summed E-state index contributed by atoms with van der Waals surface area (Å²) >= 11 is 0. The van der Waals surface area contributed by atoms with E-state index >= 15 is 0 Å². The molecule has 4 nitrogen and oxygen atoms in total. The molecule has 1 saturated heterocycles. The average molecular weight is 292 g/mol. The Morgan fingerprint density at radius 2 is 0.955 bits per heavy atom. The summed E-state index contributed by atoms with van der Waals surface area (Å²) in [5.74, 6) is 0. The van der Waals surface area contributed by atoms with Crippen LogP contribution in [0.3, 0.4) is 0 Å². The van der Waals surface area contributed by atoms with Gasteiger partial charge in [-0.05, 0) is 11.1 Å². The van der Waals surface area contributed by atoms with Crippen LogP contribution in [0.4, 0.5) is 0 Å². The lowest BCUT2D eigenvalue weighted by atomic mass is 10.2. The summed E-state index contributed by atoms with van der Waals surface area (Å²) in [5, 5.41) is 13.3. The summed E-state index contributed by atoms with van der Waals surface area (Å²) in [7, 11) is 0. The number of piperazine rings is 1. The van der Waals surface area contributed by atoms with Crippen molar-refractivity contribution in [3.63, 3.8) is 0 Å². The number of hydrogen-bond donors (Lipinski definition) is 0. The van der Waals surface area contributed by atoms with Crippen molar-refractivity contribution in [2.24, 2.45) is 10.2 Å². The van der Waals surface area contributed by atoms with E-state index in [0.717, 1.165) is 37.3 Å². The molecule has 0 N–H and O–H groups in total. The van der Waals surface area contributed by atoms with Gasteiger partial charge in [-0.25, -0.2) is 0 Å². The maximum Gasteiger partial charge on any atom is 0.0553 e. The Labute approximate surface area is 131 Å². The first-order valence-corrected chi connectivity index (χ1v) is 7.58. The molecule has 0 aliphatic carbocycles. The molecule has 0 radical (unpaired) electrons. The van der Waals surface area contributed by atoms with Crippen molar-refractivity contribution in [1.82, 2.24) is 10.0 Å². The fraction of sp³-hybridized carbons (Fsp3) is 0.222. The zero-order valence-corrected chi connectivity index (χ0v) is 12.5. The van der Waals surface area contributed by atoms with Gasteiger partial charge in [-0.3, -0.25) is 10.0 Å². The number of rotatable bonds is 4. The van der Waals surface area contributed by atoms with E-state index in [4.69, 9.17) is 0 Å². The van der Waals surface area contributed by atoms with E-state index in [1.807, 2.05) is 48.8 Å². The van der Waals surface area contributed by atoms with Crippen molar-refractivity contribution in [2.45, 2.75) is 0 Å². The number of hydrazone groups is 2. The van der Waals surface area contributed by atoms with Crippen LogP contribution in [-0.2, 0) is 0 Å². The Kier molecular flexibility index (Phi) is 4.82. The minimum absolute atomic E-state index is 0.898. The molecule has 1 fully saturated rings. The monoisotopic (exact) mass is 292 g/mol. The second kappa shape index (κ2) is 7.41. The van der Waals surface area contributed by atoms with E-state index < -0.39 is 0 Å². The van der Waals surface area contributed by atoms with Gasteiger partial charge >= 0.3 is 0 Å². The standard InChI is InChI=1S/C18H20N4/c1-3-7-17(8-4-1)15-19-21-11-13-22(14-12-21)20-16-18-9-5-2-6-10-18/h1-10,15-16H,11-14H2. The largest absolute Gasteiger partial charge is 0.293 e. The van der Waals surface area contributed by atoms with Gasteiger partial charge in [0.2, 0.25) is 0 Å². The molecule has 22 heavy (non-hydrogen) atoms. The van der Waals surface area contributed by atoms with Crippen LogP contribution in [0.1, 0.15) is 11.1 Å². The Bertz CT molecular complexity index is 557. The summed E-state index contributed by atoms with van der Waals surface area (Å²) in [4.78, 5) is 0. The van der Waals surface area contributed by atoms with Gasteiger partial charge in [0.05, 0.1) is 38.6 Å². The molecule has 1 heterocycles. The van der Waals surface area contributed by atoms with Crippen LogP contribution < -0.4 is 0 Å². The van der Waals surface area contributed by atoms with Crippen molar-refractivity contribution in [1.29, 1.82) is 0 Å². The molecule has 0 atom stereocenters. The quantitative estimate of drug-likeness (QED) is 0.811. The lowest BCUT2D eigenvalue weighted by Gasteiger charge is -2.31. The fourth-order valence-electron chi connectivity index (χ4n) is 2.29. The van der Waals surface area contributed by atoms with Gasteiger partial charge in [-0.1, -0.05) is 60.7 Å². The topological polar surface area (TPSA) is 31.2 Å². The summed E-state index contributed by atoms with van der Waals surface area (Å²) in [6.07, 6.45) is 3.84. The van der Waals surface area contributed by atoms with Gasteiger partial charge in [0.1, 0.15) is 0 Å². The maximum absolute atomic E-state index is 4.54. The lowest BCUT2D eigenvalue weighted by Crippen LogP contribution is -2.41. The van der Waals surface area contributed by atoms with Crippen LogP contribution in [0, 0.1) is 0 Å². The van der Waals surface area contributed by atoms with Gasteiger partial charge in [0.15, 0.2) is 0 Å². The van der Waals surface area contributed by atoms with E-state index in [0.29, 0.717) is 0 Å². The molecule has 1 aliphatic heterocycles.